The summed E-state index contributed by atoms with van der Waals surface area (Å²) in [6.07, 6.45) is 1.04. The van der Waals surface area contributed by atoms with Crippen LogP contribution in [0.3, 0.4) is 0 Å². The molecule has 4 aliphatic rings. The van der Waals surface area contributed by atoms with Gasteiger partial charge in [0.05, 0.1) is 5.02 Å². The van der Waals surface area contributed by atoms with Gasteiger partial charge < -0.3 is 9.84 Å². The Morgan fingerprint density at radius 3 is 2.20 bits per heavy atom. The van der Waals surface area contributed by atoms with Crippen LogP contribution in [-0.4, -0.2) is 17.9 Å². The molecule has 1 N–H and O–H groups in total. The third-order valence-corrected chi connectivity index (χ3v) is 6.19. The first-order chi connectivity index (χ1) is 11.8. The molecule has 0 atom stereocenters. The zero-order valence-electron chi connectivity index (χ0n) is 13.7. The summed E-state index contributed by atoms with van der Waals surface area (Å²) >= 11 is 5.85. The molecule has 4 bridgehead atoms. The second-order valence-corrected chi connectivity index (χ2v) is 8.07. The third-order valence-electron chi connectivity index (χ3n) is 5.87. The van der Waals surface area contributed by atoms with Crippen LogP contribution < -0.4 is 0 Å². The van der Waals surface area contributed by atoms with Gasteiger partial charge in [-0.2, -0.15) is 13.2 Å². The highest BCUT2D eigenvalue weighted by Crippen LogP contribution is 2.58. The van der Waals surface area contributed by atoms with Crippen LogP contribution in [-0.2, 0) is 4.74 Å². The number of benzene rings is 1. The number of alkyl halides is 3. The lowest BCUT2D eigenvalue weighted by molar-refractivity contribution is -0.159. The second-order valence-electron chi connectivity index (χ2n) is 7.66. The second kappa shape index (κ2) is 6.11. The molecule has 2 nitrogen and oxygen atoms in total. The maximum atomic E-state index is 12.8. The smallest absolute Gasteiger partial charge is 0.422 e. The molecule has 0 aromatic heterocycles. The molecule has 0 radical (unpaired) electrons. The van der Waals surface area contributed by atoms with Crippen LogP contribution in [0, 0.1) is 23.7 Å². The van der Waals surface area contributed by atoms with Crippen molar-refractivity contribution in [1.29, 1.82) is 0 Å². The van der Waals surface area contributed by atoms with Gasteiger partial charge in [0.2, 0.25) is 0 Å². The average Bonchev–Trinajstić information content (AvgIpc) is 2.51. The number of hydrogen-bond acceptors (Lipinski definition) is 2. The lowest BCUT2D eigenvalue weighted by Crippen LogP contribution is -2.41. The first-order valence-corrected chi connectivity index (χ1v) is 9.10. The number of ether oxygens (including phenoxy) is 1. The van der Waals surface area contributed by atoms with Crippen LogP contribution in [0.25, 0.3) is 5.76 Å². The Morgan fingerprint density at radius 1 is 1.08 bits per heavy atom. The monoisotopic (exact) mass is 372 g/mol. The number of rotatable bonds is 3. The molecule has 6 heteroatoms. The van der Waals surface area contributed by atoms with Gasteiger partial charge in [-0.1, -0.05) is 11.6 Å². The largest absolute Gasteiger partial charge is 0.506 e. The highest BCUT2D eigenvalue weighted by atomic mass is 35.5. The molecule has 136 valence electrons. The van der Waals surface area contributed by atoms with E-state index >= 15 is 0 Å². The van der Waals surface area contributed by atoms with E-state index in [1.54, 1.807) is 6.07 Å². The Kier molecular flexibility index (Phi) is 4.18. The van der Waals surface area contributed by atoms with Gasteiger partial charge in [-0.25, -0.2) is 0 Å². The molecule has 4 fully saturated rings. The van der Waals surface area contributed by atoms with Gasteiger partial charge in [0.15, 0.2) is 6.61 Å². The van der Waals surface area contributed by atoms with Gasteiger partial charge in [-0.05, 0) is 79.5 Å². The third kappa shape index (κ3) is 3.35. The highest BCUT2D eigenvalue weighted by molar-refractivity contribution is 6.32. The molecule has 0 saturated heterocycles. The van der Waals surface area contributed by atoms with Gasteiger partial charge in [0, 0.05) is 5.56 Å². The molecular formula is C19H20ClF3O2. The first-order valence-electron chi connectivity index (χ1n) is 8.72. The lowest BCUT2D eigenvalue weighted by atomic mass is 9.54. The van der Waals surface area contributed by atoms with Crippen molar-refractivity contribution in [1.82, 2.24) is 0 Å². The number of allylic oxidation sites excluding steroid dienone is 1. The number of halogens is 4. The molecule has 0 heterocycles. The predicted octanol–water partition coefficient (Wildman–Crippen LogP) is 5.79. The Balaban J connectivity index is 1.75. The van der Waals surface area contributed by atoms with E-state index in [4.69, 9.17) is 16.3 Å². The average molecular weight is 373 g/mol. The van der Waals surface area contributed by atoms with Gasteiger partial charge in [-0.15, -0.1) is 0 Å². The van der Waals surface area contributed by atoms with Crippen LogP contribution in [0.1, 0.15) is 37.7 Å². The normalized spacial score (nSPS) is 30.6. The molecule has 5 rings (SSSR count). The van der Waals surface area contributed by atoms with Crippen LogP contribution in [0.2, 0.25) is 5.02 Å². The zero-order chi connectivity index (χ0) is 17.8. The summed E-state index contributed by atoms with van der Waals surface area (Å²) < 4.78 is 43.7. The molecule has 4 saturated carbocycles. The number of phenols is 1. The van der Waals surface area contributed by atoms with Crippen molar-refractivity contribution in [2.45, 2.75) is 38.3 Å². The zero-order valence-corrected chi connectivity index (χ0v) is 14.4. The van der Waals surface area contributed by atoms with E-state index in [0.29, 0.717) is 35.0 Å². The number of phenolic OH excluding ortho intramolecular Hbond substituents is 1. The summed E-state index contributed by atoms with van der Waals surface area (Å²) in [5.74, 6) is 2.17. The minimum atomic E-state index is -4.40. The van der Waals surface area contributed by atoms with E-state index in [0.717, 1.165) is 31.3 Å². The summed E-state index contributed by atoms with van der Waals surface area (Å²) in [5.41, 5.74) is 1.51. The molecule has 1 aromatic carbocycles. The van der Waals surface area contributed by atoms with Crippen LogP contribution in [0.4, 0.5) is 13.2 Å². The fourth-order valence-corrected chi connectivity index (χ4v) is 5.32. The molecule has 4 aliphatic carbocycles. The summed E-state index contributed by atoms with van der Waals surface area (Å²) in [6.45, 7) is -1.32. The van der Waals surface area contributed by atoms with Gasteiger partial charge in [0.1, 0.15) is 11.5 Å². The fourth-order valence-electron chi connectivity index (χ4n) is 5.20. The van der Waals surface area contributed by atoms with Crippen molar-refractivity contribution in [3.05, 3.63) is 34.4 Å². The van der Waals surface area contributed by atoms with E-state index in [9.17, 15) is 18.3 Å². The van der Waals surface area contributed by atoms with E-state index in [2.05, 4.69) is 0 Å². The Morgan fingerprint density at radius 2 is 1.68 bits per heavy atom. The first kappa shape index (κ1) is 17.1. The molecule has 0 amide bonds. The van der Waals surface area contributed by atoms with Gasteiger partial charge >= 0.3 is 6.18 Å². The van der Waals surface area contributed by atoms with Crippen molar-refractivity contribution < 1.29 is 23.0 Å². The minimum Gasteiger partial charge on any atom is -0.506 e. The van der Waals surface area contributed by atoms with E-state index in [1.165, 1.54) is 18.6 Å². The Hall–Kier alpha value is -1.36. The van der Waals surface area contributed by atoms with Crippen molar-refractivity contribution in [3.8, 4) is 5.75 Å². The summed E-state index contributed by atoms with van der Waals surface area (Å²) in [7, 11) is 0. The highest BCUT2D eigenvalue weighted by Gasteiger charge is 2.47. The van der Waals surface area contributed by atoms with Crippen molar-refractivity contribution in [2.75, 3.05) is 6.61 Å². The van der Waals surface area contributed by atoms with E-state index in [1.807, 2.05) is 0 Å². The Labute approximate surface area is 149 Å². The SMILES string of the molecule is Oc1cc(C(OCC(F)(F)F)=C2C3CC4CC(C3)CC2C4)ccc1Cl. The lowest BCUT2D eigenvalue weighted by Gasteiger charge is -2.51. The van der Waals surface area contributed by atoms with Crippen LogP contribution in [0.5, 0.6) is 5.75 Å². The van der Waals surface area contributed by atoms with E-state index < -0.39 is 12.8 Å². The van der Waals surface area contributed by atoms with Crippen LogP contribution >= 0.6 is 11.6 Å². The molecule has 0 aliphatic heterocycles. The number of hydrogen-bond donors (Lipinski definition) is 1. The molecule has 25 heavy (non-hydrogen) atoms. The van der Waals surface area contributed by atoms with Crippen molar-refractivity contribution >= 4 is 17.4 Å². The standard InChI is InChI=1S/C19H20ClF3O2/c20-15-2-1-12(8-16(15)24)18(25-9-19(21,22)23)17-13-4-10-3-11(6-13)7-14(17)5-10/h1-2,8,10-11,13-14,24H,3-7,9H2. The van der Waals surface area contributed by atoms with Crippen molar-refractivity contribution in [2.24, 2.45) is 23.7 Å². The van der Waals surface area contributed by atoms with Crippen molar-refractivity contribution in [3.63, 3.8) is 0 Å². The fraction of sp³-hybridized carbons (Fsp3) is 0.579. The topological polar surface area (TPSA) is 29.5 Å². The Bertz CT molecular complexity index is 681. The summed E-state index contributed by atoms with van der Waals surface area (Å²) in [4.78, 5) is 0. The quantitative estimate of drug-likeness (QED) is 0.680. The summed E-state index contributed by atoms with van der Waals surface area (Å²) in [6, 6.07) is 4.54. The van der Waals surface area contributed by atoms with E-state index in [-0.39, 0.29) is 10.8 Å². The summed E-state index contributed by atoms with van der Waals surface area (Å²) in [5, 5.41) is 10.1. The maximum absolute atomic E-state index is 12.8. The minimum absolute atomic E-state index is 0.142. The molecule has 0 spiro atoms. The van der Waals surface area contributed by atoms with Gasteiger partial charge in [-0.3, -0.25) is 0 Å². The maximum Gasteiger partial charge on any atom is 0.422 e. The van der Waals surface area contributed by atoms with Gasteiger partial charge in [0.25, 0.3) is 0 Å². The molecule has 0 unspecified atom stereocenters. The number of aromatic hydroxyl groups is 1. The predicted molar refractivity (Wildman–Crippen MR) is 89.1 cm³/mol. The molecular weight excluding hydrogens is 353 g/mol. The van der Waals surface area contributed by atoms with Crippen LogP contribution in [0.15, 0.2) is 23.8 Å². The molecule has 1 aromatic rings.